The summed E-state index contributed by atoms with van der Waals surface area (Å²) in [7, 11) is 0. The highest BCUT2D eigenvalue weighted by molar-refractivity contribution is 5.56. The standard InChI is InChI=1S/C14H21N3O/c1-3-18-9-12-5-4-11-6-13-8-15-7-10(2)17(13)14(11)16-12/h4-5,10,13,15H,3,6-9H2,1-2H3/t10-,13-/m1/s1. The molecular formula is C14H21N3O. The van der Waals surface area contributed by atoms with E-state index in [4.69, 9.17) is 9.72 Å². The summed E-state index contributed by atoms with van der Waals surface area (Å²) in [4.78, 5) is 7.29. The molecule has 1 aromatic rings. The Morgan fingerprint density at radius 3 is 3.17 bits per heavy atom. The number of ether oxygens (including phenoxy) is 1. The van der Waals surface area contributed by atoms with Crippen molar-refractivity contribution in [2.45, 2.75) is 39.0 Å². The van der Waals surface area contributed by atoms with Gasteiger partial charge in [-0.15, -0.1) is 0 Å². The van der Waals surface area contributed by atoms with Gasteiger partial charge in [-0.3, -0.25) is 0 Å². The lowest BCUT2D eigenvalue weighted by molar-refractivity contribution is 0.131. The molecule has 1 fully saturated rings. The maximum absolute atomic E-state index is 5.45. The number of nitrogens with zero attached hydrogens (tertiary/aromatic N) is 2. The van der Waals surface area contributed by atoms with Crippen LogP contribution in [-0.2, 0) is 17.8 Å². The highest BCUT2D eigenvalue weighted by atomic mass is 16.5. The smallest absolute Gasteiger partial charge is 0.132 e. The van der Waals surface area contributed by atoms with Gasteiger partial charge in [0.05, 0.1) is 12.3 Å². The van der Waals surface area contributed by atoms with Crippen LogP contribution in [0.5, 0.6) is 0 Å². The summed E-state index contributed by atoms with van der Waals surface area (Å²) in [5, 5.41) is 3.50. The number of anilines is 1. The molecule has 2 atom stereocenters. The summed E-state index contributed by atoms with van der Waals surface area (Å²) >= 11 is 0. The molecule has 1 aromatic heterocycles. The van der Waals surface area contributed by atoms with Crippen molar-refractivity contribution in [3.8, 4) is 0 Å². The lowest BCUT2D eigenvalue weighted by atomic mass is 10.1. The van der Waals surface area contributed by atoms with Crippen LogP contribution in [0.15, 0.2) is 12.1 Å². The molecule has 0 amide bonds. The van der Waals surface area contributed by atoms with Crippen molar-refractivity contribution >= 4 is 5.82 Å². The van der Waals surface area contributed by atoms with E-state index in [9.17, 15) is 0 Å². The molecule has 0 bridgehead atoms. The van der Waals surface area contributed by atoms with E-state index in [-0.39, 0.29) is 0 Å². The molecule has 0 spiro atoms. The maximum Gasteiger partial charge on any atom is 0.132 e. The maximum atomic E-state index is 5.45. The van der Waals surface area contributed by atoms with Crippen molar-refractivity contribution in [2.24, 2.45) is 0 Å². The van der Waals surface area contributed by atoms with Gasteiger partial charge in [0, 0.05) is 31.8 Å². The zero-order chi connectivity index (χ0) is 12.5. The molecule has 1 N–H and O–H groups in total. The van der Waals surface area contributed by atoms with Crippen LogP contribution in [-0.4, -0.2) is 36.8 Å². The Morgan fingerprint density at radius 1 is 1.44 bits per heavy atom. The third-order valence-electron chi connectivity index (χ3n) is 3.86. The Hall–Kier alpha value is -1.13. The fourth-order valence-electron chi connectivity index (χ4n) is 3.01. The fraction of sp³-hybridized carbons (Fsp3) is 0.643. The first-order chi connectivity index (χ1) is 8.79. The van der Waals surface area contributed by atoms with Gasteiger partial charge in [0.25, 0.3) is 0 Å². The van der Waals surface area contributed by atoms with Crippen molar-refractivity contribution in [2.75, 3.05) is 24.6 Å². The topological polar surface area (TPSA) is 37.4 Å². The number of aromatic nitrogens is 1. The number of hydrogen-bond acceptors (Lipinski definition) is 4. The minimum atomic E-state index is 0.528. The number of nitrogens with one attached hydrogen (secondary N) is 1. The summed E-state index contributed by atoms with van der Waals surface area (Å²) in [6.07, 6.45) is 1.12. The zero-order valence-corrected chi connectivity index (χ0v) is 11.1. The Morgan fingerprint density at radius 2 is 2.33 bits per heavy atom. The minimum Gasteiger partial charge on any atom is -0.375 e. The second-order valence-corrected chi connectivity index (χ2v) is 5.19. The van der Waals surface area contributed by atoms with Crippen LogP contribution in [0.25, 0.3) is 0 Å². The van der Waals surface area contributed by atoms with Crippen LogP contribution in [0.2, 0.25) is 0 Å². The summed E-state index contributed by atoms with van der Waals surface area (Å²) in [6.45, 7) is 7.77. The molecule has 3 heterocycles. The summed E-state index contributed by atoms with van der Waals surface area (Å²) < 4.78 is 5.45. The van der Waals surface area contributed by atoms with Gasteiger partial charge in [0.2, 0.25) is 0 Å². The average molecular weight is 247 g/mol. The SMILES string of the molecule is CCOCc1ccc2c(n1)N1[C@@H](CNC[C@H]1C)C2. The highest BCUT2D eigenvalue weighted by Gasteiger charge is 2.36. The van der Waals surface area contributed by atoms with Gasteiger partial charge in [0.1, 0.15) is 5.82 Å². The van der Waals surface area contributed by atoms with E-state index >= 15 is 0 Å². The molecule has 0 aromatic carbocycles. The van der Waals surface area contributed by atoms with Gasteiger partial charge >= 0.3 is 0 Å². The molecule has 1 saturated heterocycles. The Labute approximate surface area is 108 Å². The van der Waals surface area contributed by atoms with Crippen LogP contribution < -0.4 is 10.2 Å². The van der Waals surface area contributed by atoms with Gasteiger partial charge in [0.15, 0.2) is 0 Å². The van der Waals surface area contributed by atoms with Crippen molar-refractivity contribution in [3.63, 3.8) is 0 Å². The molecule has 4 heteroatoms. The van der Waals surface area contributed by atoms with E-state index in [0.717, 1.165) is 31.8 Å². The summed E-state index contributed by atoms with van der Waals surface area (Å²) in [5.41, 5.74) is 2.43. The molecule has 18 heavy (non-hydrogen) atoms. The Balaban J connectivity index is 1.87. The quantitative estimate of drug-likeness (QED) is 0.874. The second kappa shape index (κ2) is 4.86. The van der Waals surface area contributed by atoms with E-state index in [2.05, 4.69) is 29.3 Å². The number of hydrogen-bond donors (Lipinski definition) is 1. The third-order valence-corrected chi connectivity index (χ3v) is 3.86. The zero-order valence-electron chi connectivity index (χ0n) is 11.1. The van der Waals surface area contributed by atoms with E-state index < -0.39 is 0 Å². The van der Waals surface area contributed by atoms with Gasteiger partial charge in [-0.25, -0.2) is 4.98 Å². The molecule has 0 unspecified atom stereocenters. The molecule has 0 aliphatic carbocycles. The van der Waals surface area contributed by atoms with E-state index in [1.165, 1.54) is 11.4 Å². The summed E-state index contributed by atoms with van der Waals surface area (Å²) in [5.74, 6) is 1.19. The van der Waals surface area contributed by atoms with Crippen molar-refractivity contribution < 1.29 is 4.74 Å². The number of fused-ring (bicyclic) bond motifs is 3. The van der Waals surface area contributed by atoms with Gasteiger partial charge < -0.3 is 15.0 Å². The van der Waals surface area contributed by atoms with Crippen molar-refractivity contribution in [1.29, 1.82) is 0 Å². The first kappa shape index (κ1) is 11.9. The van der Waals surface area contributed by atoms with E-state index in [1.807, 2.05) is 6.92 Å². The molecular weight excluding hydrogens is 226 g/mol. The fourth-order valence-corrected chi connectivity index (χ4v) is 3.01. The predicted molar refractivity (Wildman–Crippen MR) is 71.9 cm³/mol. The van der Waals surface area contributed by atoms with Crippen LogP contribution >= 0.6 is 0 Å². The molecule has 98 valence electrons. The number of piperazine rings is 1. The average Bonchev–Trinajstić information content (AvgIpc) is 2.75. The second-order valence-electron chi connectivity index (χ2n) is 5.19. The van der Waals surface area contributed by atoms with Crippen molar-refractivity contribution in [1.82, 2.24) is 10.3 Å². The third kappa shape index (κ3) is 1.99. The summed E-state index contributed by atoms with van der Waals surface area (Å²) in [6, 6.07) is 5.44. The minimum absolute atomic E-state index is 0.528. The lowest BCUT2D eigenvalue weighted by Crippen LogP contribution is -2.55. The Kier molecular flexibility index (Phi) is 3.22. The highest BCUT2D eigenvalue weighted by Crippen LogP contribution is 2.33. The van der Waals surface area contributed by atoms with Gasteiger partial charge in [-0.1, -0.05) is 6.07 Å². The van der Waals surface area contributed by atoms with Crippen molar-refractivity contribution in [3.05, 3.63) is 23.4 Å². The first-order valence-electron chi connectivity index (χ1n) is 6.85. The van der Waals surface area contributed by atoms with Crippen LogP contribution in [0.3, 0.4) is 0 Å². The molecule has 3 rings (SSSR count). The molecule has 4 nitrogen and oxygen atoms in total. The van der Waals surface area contributed by atoms with Gasteiger partial charge in [-0.2, -0.15) is 0 Å². The molecule has 2 aliphatic heterocycles. The van der Waals surface area contributed by atoms with Crippen LogP contribution in [0, 0.1) is 0 Å². The lowest BCUT2D eigenvalue weighted by Gasteiger charge is -2.37. The normalized spacial score (nSPS) is 26.0. The molecule has 0 saturated carbocycles. The monoisotopic (exact) mass is 247 g/mol. The molecule has 2 aliphatic rings. The largest absolute Gasteiger partial charge is 0.375 e. The predicted octanol–water partition coefficient (Wildman–Crippen LogP) is 1.34. The Bertz CT molecular complexity index is 435. The number of rotatable bonds is 3. The molecule has 0 radical (unpaired) electrons. The van der Waals surface area contributed by atoms with Crippen LogP contribution in [0.4, 0.5) is 5.82 Å². The van der Waals surface area contributed by atoms with Gasteiger partial charge in [-0.05, 0) is 31.9 Å². The van der Waals surface area contributed by atoms with E-state index in [1.54, 1.807) is 0 Å². The first-order valence-corrected chi connectivity index (χ1v) is 6.85. The number of pyridine rings is 1. The van der Waals surface area contributed by atoms with Crippen LogP contribution in [0.1, 0.15) is 25.1 Å². The van der Waals surface area contributed by atoms with E-state index in [0.29, 0.717) is 18.7 Å².